The van der Waals surface area contributed by atoms with Crippen LogP contribution in [0.15, 0.2) is 42.6 Å². The zero-order valence-corrected chi connectivity index (χ0v) is 22.9. The molecule has 1 fully saturated rings. The second kappa shape index (κ2) is 12.0. The van der Waals surface area contributed by atoms with Crippen LogP contribution in [0, 0.1) is 27.7 Å². The van der Waals surface area contributed by atoms with Crippen molar-refractivity contribution in [1.29, 1.82) is 0 Å². The third-order valence-corrected chi connectivity index (χ3v) is 8.03. The number of hydrogen-bond donors (Lipinski definition) is 2. The van der Waals surface area contributed by atoms with Gasteiger partial charge in [0.1, 0.15) is 23.1 Å². The van der Waals surface area contributed by atoms with Gasteiger partial charge in [0.05, 0.1) is 18.2 Å². The molecule has 0 bridgehead atoms. The molecule has 13 heteroatoms. The highest BCUT2D eigenvalue weighted by Gasteiger charge is 2.56. The molecule has 0 amide bonds. The number of carbonyl (C=O) groups excluding carboxylic acids is 1. The summed E-state index contributed by atoms with van der Waals surface area (Å²) >= 11 is 10.2. The van der Waals surface area contributed by atoms with Crippen LogP contribution >= 0.6 is 32.0 Å². The summed E-state index contributed by atoms with van der Waals surface area (Å²) in [6.45, 7) is 4.19. The number of nitrogens with zero attached hydrogens (tertiary/aromatic N) is 1. The van der Waals surface area contributed by atoms with Crippen molar-refractivity contribution in [2.45, 2.75) is 51.0 Å². The van der Waals surface area contributed by atoms with Gasteiger partial charge in [-0.3, -0.25) is 13.9 Å². The summed E-state index contributed by atoms with van der Waals surface area (Å²) in [7, 11) is -4.11. The lowest BCUT2D eigenvalue weighted by Crippen LogP contribution is -2.45. The average molecular weight is 571 g/mol. The van der Waals surface area contributed by atoms with Crippen molar-refractivity contribution < 1.29 is 37.4 Å². The maximum Gasteiger partial charge on any atom is 0.380 e. The van der Waals surface area contributed by atoms with Crippen molar-refractivity contribution in [3.63, 3.8) is 0 Å². The van der Waals surface area contributed by atoms with Gasteiger partial charge in [-0.15, -0.1) is 6.42 Å². The van der Waals surface area contributed by atoms with Gasteiger partial charge in [-0.1, -0.05) is 43.3 Å². The number of nitrogens with one attached hydrogen (secondary N) is 1. The highest BCUT2D eigenvalue weighted by atomic mass is 32.1. The molecule has 0 radical (unpaired) electrons. The van der Waals surface area contributed by atoms with Crippen LogP contribution in [0.25, 0.3) is 0 Å². The Hall–Kier alpha value is -2.39. The Morgan fingerprint density at radius 2 is 2.00 bits per heavy atom. The lowest BCUT2D eigenvalue weighted by atomic mass is 9.98. The van der Waals surface area contributed by atoms with Crippen LogP contribution in [-0.2, 0) is 23.4 Å². The normalized spacial score (nSPS) is 25.7. The number of alkyl halides is 1. The predicted octanol–water partition coefficient (Wildman–Crippen LogP) is 4.75. The summed E-state index contributed by atoms with van der Waals surface area (Å²) in [6.07, 6.45) is 1.04. The molecule has 3 rings (SSSR count). The minimum atomic E-state index is -4.11. The molecule has 0 saturated carbocycles. The summed E-state index contributed by atoms with van der Waals surface area (Å²) in [5.41, 5.74) is -2.04. The van der Waals surface area contributed by atoms with E-state index in [0.717, 1.165) is 0 Å². The molecule has 6 atom stereocenters. The minimum Gasteiger partial charge on any atom is -0.463 e. The highest BCUT2D eigenvalue weighted by Crippen LogP contribution is 2.52. The topological polar surface area (TPSA) is 112 Å². The van der Waals surface area contributed by atoms with E-state index in [4.69, 9.17) is 49.4 Å². The van der Waals surface area contributed by atoms with Crippen LogP contribution in [0.3, 0.4) is 0 Å². The molecule has 0 aliphatic carbocycles. The average Bonchev–Trinajstić information content (AvgIpc) is 3.08. The largest absolute Gasteiger partial charge is 0.463 e. The van der Waals surface area contributed by atoms with E-state index < -0.39 is 50.2 Å². The van der Waals surface area contributed by atoms with Crippen LogP contribution < -0.4 is 4.52 Å². The van der Waals surface area contributed by atoms with Gasteiger partial charge in [0.25, 0.3) is 0 Å². The molecule has 2 N–H and O–H groups in total. The van der Waals surface area contributed by atoms with Gasteiger partial charge in [-0.25, -0.2) is 8.96 Å². The number of aromatic nitrogens is 2. The van der Waals surface area contributed by atoms with Gasteiger partial charge in [0, 0.05) is 6.20 Å². The molecule has 1 saturated heterocycles. The maximum atomic E-state index is 15.2. The van der Waals surface area contributed by atoms with Crippen LogP contribution in [-0.4, -0.2) is 57.4 Å². The van der Waals surface area contributed by atoms with E-state index >= 15 is 4.39 Å². The number of hydrogen-bond acceptors (Lipinski definition) is 9. The molecule has 1 aromatic heterocycles. The number of H-pyrrole nitrogens is 1. The van der Waals surface area contributed by atoms with Gasteiger partial charge < -0.3 is 24.1 Å². The second-order valence-corrected chi connectivity index (χ2v) is 11.7. The number of aromatic amines is 1. The lowest BCUT2D eigenvalue weighted by molar-refractivity contribution is -0.151. The Bertz CT molecular complexity index is 1310. The summed E-state index contributed by atoms with van der Waals surface area (Å²) in [4.78, 5) is 15.1. The van der Waals surface area contributed by atoms with Gasteiger partial charge in [0.15, 0.2) is 22.8 Å². The van der Waals surface area contributed by atoms with Crippen molar-refractivity contribution in [3.05, 3.63) is 52.0 Å². The minimum absolute atomic E-state index is 0.0525. The van der Waals surface area contributed by atoms with E-state index in [1.807, 2.05) is 0 Å². The fourth-order valence-corrected chi connectivity index (χ4v) is 5.97. The molecular weight excluding hydrogens is 542 g/mol. The fraction of sp³-hybridized carbons (Fsp3) is 0.458. The Kier molecular flexibility index (Phi) is 9.45. The fourth-order valence-electron chi connectivity index (χ4n) is 3.59. The summed E-state index contributed by atoms with van der Waals surface area (Å²) in [5.74, 6) is 0.984. The first-order valence-electron chi connectivity index (χ1n) is 11.4. The molecule has 2 aromatic rings. The highest BCUT2D eigenvalue weighted by molar-refractivity contribution is 7.72. The number of para-hydroxylation sites is 1. The predicted molar refractivity (Wildman–Crippen MR) is 139 cm³/mol. The molecular formula is C24H28FN2O7PS2. The molecule has 9 nitrogen and oxygen atoms in total. The van der Waals surface area contributed by atoms with Crippen molar-refractivity contribution in [2.75, 3.05) is 12.8 Å². The maximum absolute atomic E-state index is 15.2. The number of aliphatic hydroxyl groups is 1. The Balaban J connectivity index is 1.87. The van der Waals surface area contributed by atoms with Gasteiger partial charge in [-0.2, -0.15) is 0 Å². The van der Waals surface area contributed by atoms with E-state index in [0.29, 0.717) is 4.64 Å². The van der Waals surface area contributed by atoms with Crippen LogP contribution in [0.4, 0.5) is 4.39 Å². The monoisotopic (exact) mass is 570 g/mol. The van der Waals surface area contributed by atoms with Crippen molar-refractivity contribution in [3.8, 4) is 18.1 Å². The van der Waals surface area contributed by atoms with E-state index in [2.05, 4.69) is 10.9 Å². The zero-order valence-electron chi connectivity index (χ0n) is 20.4. The van der Waals surface area contributed by atoms with E-state index in [-0.39, 0.29) is 22.8 Å². The molecule has 0 spiro atoms. The molecule has 1 aromatic carbocycles. The molecule has 37 heavy (non-hydrogen) atoms. The molecule has 2 unspecified atom stereocenters. The SMILES string of the molecule is C#C[C@]1(COP(=O)(C[C@@H](C)C(=O)OC(C)C)Oc2ccccc2)O[C@@H](n2ccc(=S)[nH]c2=S)C(F)[C@H]1O. The molecule has 200 valence electrons. The number of benzene rings is 1. The van der Waals surface area contributed by atoms with Crippen LogP contribution in [0.5, 0.6) is 5.75 Å². The Morgan fingerprint density at radius 3 is 2.59 bits per heavy atom. The smallest absolute Gasteiger partial charge is 0.380 e. The summed E-state index contributed by atoms with van der Waals surface area (Å²) < 4.78 is 53.0. The van der Waals surface area contributed by atoms with Crippen LogP contribution in [0.2, 0.25) is 0 Å². The third kappa shape index (κ3) is 6.93. The number of esters is 1. The summed E-state index contributed by atoms with van der Waals surface area (Å²) in [5, 5.41) is 10.7. The first-order chi connectivity index (χ1) is 17.4. The molecule has 2 heterocycles. The third-order valence-electron chi connectivity index (χ3n) is 5.47. The number of carbonyl (C=O) groups is 1. The quantitative estimate of drug-likeness (QED) is 0.181. The first kappa shape index (κ1) is 29.2. The van der Waals surface area contributed by atoms with Gasteiger partial charge >= 0.3 is 13.6 Å². The van der Waals surface area contributed by atoms with Crippen molar-refractivity contribution >= 4 is 38.0 Å². The van der Waals surface area contributed by atoms with Crippen LogP contribution in [0.1, 0.15) is 27.0 Å². The standard InChI is InChI=1S/C24H28FN2O7PS2/c1-5-24(20(28)19(25)21(33-24)27-12-11-18(36)26-23(27)37)14-31-35(30,34-17-9-7-6-8-10-17)13-16(4)22(29)32-15(2)3/h1,6-12,15-16,19-21,28H,13-14H2,2-4H3,(H,26,36,37)/t16-,19?,20-,21-,24-,35?/m1/s1. The molecule has 1 aliphatic rings. The lowest BCUT2D eigenvalue weighted by Gasteiger charge is -2.29. The van der Waals surface area contributed by atoms with E-state index in [1.165, 1.54) is 23.8 Å². The summed E-state index contributed by atoms with van der Waals surface area (Å²) in [6, 6.07) is 9.64. The first-order valence-corrected chi connectivity index (χ1v) is 13.9. The number of terminal acetylenes is 1. The number of aliphatic hydroxyl groups excluding tert-OH is 1. The number of rotatable bonds is 10. The van der Waals surface area contributed by atoms with E-state index in [1.54, 1.807) is 44.2 Å². The number of ether oxygens (including phenoxy) is 2. The Labute approximate surface area is 224 Å². The van der Waals surface area contributed by atoms with Crippen molar-refractivity contribution in [2.24, 2.45) is 5.92 Å². The van der Waals surface area contributed by atoms with Gasteiger partial charge in [0.2, 0.25) is 0 Å². The number of halogens is 1. The van der Waals surface area contributed by atoms with Gasteiger partial charge in [-0.05, 0) is 44.3 Å². The van der Waals surface area contributed by atoms with E-state index in [9.17, 15) is 14.5 Å². The second-order valence-electron chi connectivity index (χ2n) is 8.81. The van der Waals surface area contributed by atoms with Crippen molar-refractivity contribution in [1.82, 2.24) is 9.55 Å². The zero-order chi connectivity index (χ0) is 27.4. The molecule has 1 aliphatic heterocycles. The Morgan fingerprint density at radius 1 is 1.32 bits per heavy atom.